The van der Waals surface area contributed by atoms with Crippen LogP contribution >= 0.6 is 0 Å². The second-order valence-corrected chi connectivity index (χ2v) is 4.82. The average Bonchev–Trinajstić information content (AvgIpc) is 2.42. The highest BCUT2D eigenvalue weighted by Crippen LogP contribution is 2.32. The lowest BCUT2D eigenvalue weighted by Crippen LogP contribution is -2.53. The molecule has 2 atom stereocenters. The van der Waals surface area contributed by atoms with Gasteiger partial charge in [-0.25, -0.2) is 0 Å². The molecule has 2 unspecified atom stereocenters. The highest BCUT2D eigenvalue weighted by Gasteiger charge is 2.42. The van der Waals surface area contributed by atoms with Crippen molar-refractivity contribution in [2.45, 2.75) is 25.1 Å². The Labute approximate surface area is 116 Å². The molecule has 2 N–H and O–H groups in total. The minimum Gasteiger partial charge on any atom is -0.395 e. The van der Waals surface area contributed by atoms with Gasteiger partial charge in [-0.15, -0.1) is 0 Å². The van der Waals surface area contributed by atoms with E-state index in [0.717, 1.165) is 0 Å². The lowest BCUT2D eigenvalue weighted by molar-refractivity contribution is -0.180. The van der Waals surface area contributed by atoms with Crippen LogP contribution in [0.1, 0.15) is 12.8 Å². The predicted molar refractivity (Wildman–Crippen MR) is 66.1 cm³/mol. The number of nitrogens with one attached hydrogen (secondary N) is 1. The first-order valence-electron chi connectivity index (χ1n) is 6.58. The minimum atomic E-state index is -4.22. The van der Waals surface area contributed by atoms with Crippen molar-refractivity contribution in [3.8, 4) is 0 Å². The highest BCUT2D eigenvalue weighted by atomic mass is 19.4. The summed E-state index contributed by atoms with van der Waals surface area (Å²) in [5, 5.41) is 11.6. The molecule has 0 aromatic carbocycles. The Morgan fingerprint density at radius 2 is 2.10 bits per heavy atom. The van der Waals surface area contributed by atoms with Crippen LogP contribution in [-0.2, 0) is 9.53 Å². The molecule has 5 nitrogen and oxygen atoms in total. The van der Waals surface area contributed by atoms with Gasteiger partial charge in [0.1, 0.15) is 0 Å². The molecule has 1 amide bonds. The third-order valence-corrected chi connectivity index (χ3v) is 3.42. The number of nitrogens with zero attached hydrogens (tertiary/aromatic N) is 1. The molecule has 0 aromatic rings. The van der Waals surface area contributed by atoms with Crippen LogP contribution in [-0.4, -0.2) is 68.1 Å². The average molecular weight is 298 g/mol. The number of carbonyl (C=O) groups excluding carboxylic acids is 1. The molecule has 0 spiro atoms. The van der Waals surface area contributed by atoms with Gasteiger partial charge in [0.2, 0.25) is 5.91 Å². The number of ether oxygens (including phenoxy) is 1. The summed E-state index contributed by atoms with van der Waals surface area (Å²) < 4.78 is 42.5. The number of amides is 1. The van der Waals surface area contributed by atoms with Crippen LogP contribution in [0.4, 0.5) is 13.2 Å². The van der Waals surface area contributed by atoms with E-state index in [2.05, 4.69) is 5.32 Å². The third-order valence-electron chi connectivity index (χ3n) is 3.42. The Balaban J connectivity index is 2.51. The molecule has 1 saturated heterocycles. The van der Waals surface area contributed by atoms with Crippen molar-refractivity contribution in [2.24, 2.45) is 5.92 Å². The Morgan fingerprint density at radius 1 is 1.40 bits per heavy atom. The summed E-state index contributed by atoms with van der Waals surface area (Å²) in [4.78, 5) is 13.6. The van der Waals surface area contributed by atoms with Gasteiger partial charge in [-0.3, -0.25) is 4.79 Å². The van der Waals surface area contributed by atoms with Gasteiger partial charge in [0, 0.05) is 26.7 Å². The number of rotatable bonds is 6. The van der Waals surface area contributed by atoms with Crippen LogP contribution < -0.4 is 5.32 Å². The lowest BCUT2D eigenvalue weighted by Gasteiger charge is -2.33. The maximum Gasteiger partial charge on any atom is 0.393 e. The Hall–Kier alpha value is -0.860. The topological polar surface area (TPSA) is 61.8 Å². The fourth-order valence-electron chi connectivity index (χ4n) is 2.22. The number of halogens is 3. The van der Waals surface area contributed by atoms with Crippen molar-refractivity contribution < 1.29 is 27.8 Å². The Bertz CT molecular complexity index is 305. The molecule has 1 aliphatic rings. The second-order valence-electron chi connectivity index (χ2n) is 4.82. The summed E-state index contributed by atoms with van der Waals surface area (Å²) in [7, 11) is 1.49. The molecule has 1 rings (SSSR count). The van der Waals surface area contributed by atoms with Crippen molar-refractivity contribution >= 4 is 5.91 Å². The molecule has 8 heteroatoms. The summed E-state index contributed by atoms with van der Waals surface area (Å²) in [6.45, 7) is 0.369. The van der Waals surface area contributed by atoms with Crippen LogP contribution in [0, 0.1) is 5.92 Å². The maximum atomic E-state index is 12.5. The number of alkyl halides is 3. The normalized spacial score (nSPS) is 23.6. The SMILES string of the molecule is COCCN(CCO)C(=O)C1CCC(C(F)(F)F)CN1. The predicted octanol–water partition coefficient (Wildman–Crippen LogP) is 0.384. The first-order chi connectivity index (χ1) is 9.40. The van der Waals surface area contributed by atoms with E-state index in [4.69, 9.17) is 9.84 Å². The van der Waals surface area contributed by atoms with E-state index in [1.807, 2.05) is 0 Å². The van der Waals surface area contributed by atoms with Crippen molar-refractivity contribution in [1.29, 1.82) is 0 Å². The number of aliphatic hydroxyl groups excluding tert-OH is 1. The van der Waals surface area contributed by atoms with Crippen molar-refractivity contribution in [1.82, 2.24) is 10.2 Å². The van der Waals surface area contributed by atoms with Gasteiger partial charge >= 0.3 is 6.18 Å². The number of hydrogen-bond donors (Lipinski definition) is 2. The fourth-order valence-corrected chi connectivity index (χ4v) is 2.22. The smallest absolute Gasteiger partial charge is 0.393 e. The standard InChI is InChI=1S/C12H21F3N2O3/c1-20-7-5-17(4-6-18)11(19)10-3-2-9(8-16-10)12(13,14)15/h9-10,16,18H,2-8H2,1H3. The largest absolute Gasteiger partial charge is 0.395 e. The zero-order chi connectivity index (χ0) is 15.2. The second kappa shape index (κ2) is 7.80. The summed E-state index contributed by atoms with van der Waals surface area (Å²) in [5.74, 6) is -1.67. The van der Waals surface area contributed by atoms with E-state index in [1.54, 1.807) is 0 Å². The van der Waals surface area contributed by atoms with Crippen molar-refractivity contribution in [3.05, 3.63) is 0 Å². The van der Waals surface area contributed by atoms with Crippen LogP contribution in [0.5, 0.6) is 0 Å². The number of piperidine rings is 1. The third kappa shape index (κ3) is 4.92. The van der Waals surface area contributed by atoms with E-state index < -0.39 is 18.1 Å². The molecule has 0 aromatic heterocycles. The van der Waals surface area contributed by atoms with E-state index in [9.17, 15) is 18.0 Å². The highest BCUT2D eigenvalue weighted by molar-refractivity contribution is 5.82. The molecule has 1 heterocycles. The molecule has 118 valence electrons. The van der Waals surface area contributed by atoms with Crippen LogP contribution in [0.15, 0.2) is 0 Å². The first-order valence-corrected chi connectivity index (χ1v) is 6.58. The summed E-state index contributed by atoms with van der Waals surface area (Å²) >= 11 is 0. The number of carbonyl (C=O) groups is 1. The molecule has 0 aliphatic carbocycles. The van der Waals surface area contributed by atoms with Crippen molar-refractivity contribution in [3.63, 3.8) is 0 Å². The van der Waals surface area contributed by atoms with Crippen molar-refractivity contribution in [2.75, 3.05) is 40.0 Å². The molecule has 0 saturated carbocycles. The van der Waals surface area contributed by atoms with Gasteiger partial charge in [0.15, 0.2) is 0 Å². The fraction of sp³-hybridized carbons (Fsp3) is 0.917. The zero-order valence-corrected chi connectivity index (χ0v) is 11.4. The summed E-state index contributed by atoms with van der Waals surface area (Å²) in [6, 6.07) is -0.614. The van der Waals surface area contributed by atoms with Gasteiger partial charge in [0.25, 0.3) is 0 Å². The molecule has 0 radical (unpaired) electrons. The first kappa shape index (κ1) is 17.2. The van der Waals surface area contributed by atoms with Crippen LogP contribution in [0.3, 0.4) is 0 Å². The van der Waals surface area contributed by atoms with E-state index >= 15 is 0 Å². The van der Waals surface area contributed by atoms with Gasteiger partial charge in [-0.2, -0.15) is 13.2 Å². The summed E-state index contributed by atoms with van der Waals surface area (Å²) in [5.41, 5.74) is 0. The van der Waals surface area contributed by atoms with E-state index in [-0.39, 0.29) is 38.4 Å². The van der Waals surface area contributed by atoms with E-state index in [0.29, 0.717) is 13.2 Å². The number of hydrogen-bond acceptors (Lipinski definition) is 4. The van der Waals surface area contributed by atoms with E-state index in [1.165, 1.54) is 12.0 Å². The molecular weight excluding hydrogens is 277 g/mol. The summed E-state index contributed by atoms with van der Waals surface area (Å²) in [6.07, 6.45) is -4.12. The van der Waals surface area contributed by atoms with Gasteiger partial charge < -0.3 is 20.1 Å². The number of aliphatic hydroxyl groups is 1. The zero-order valence-electron chi connectivity index (χ0n) is 11.4. The van der Waals surface area contributed by atoms with Gasteiger partial charge in [-0.05, 0) is 12.8 Å². The Kier molecular flexibility index (Phi) is 6.70. The number of methoxy groups -OCH3 is 1. The van der Waals surface area contributed by atoms with Gasteiger partial charge in [-0.1, -0.05) is 0 Å². The lowest BCUT2D eigenvalue weighted by atomic mass is 9.93. The maximum absolute atomic E-state index is 12.5. The molecular formula is C12H21F3N2O3. The monoisotopic (exact) mass is 298 g/mol. The Morgan fingerprint density at radius 3 is 2.55 bits per heavy atom. The molecule has 20 heavy (non-hydrogen) atoms. The minimum absolute atomic E-state index is 0.0514. The quantitative estimate of drug-likeness (QED) is 0.744. The molecule has 1 aliphatic heterocycles. The molecule has 0 bridgehead atoms. The van der Waals surface area contributed by atoms with Crippen LogP contribution in [0.25, 0.3) is 0 Å². The molecule has 1 fully saturated rings. The van der Waals surface area contributed by atoms with Crippen LogP contribution in [0.2, 0.25) is 0 Å². The van der Waals surface area contributed by atoms with Gasteiger partial charge in [0.05, 0.1) is 25.2 Å².